The predicted octanol–water partition coefficient (Wildman–Crippen LogP) is 4.47. The summed E-state index contributed by atoms with van der Waals surface area (Å²) in [5.41, 5.74) is -0.149. The molecule has 98 valence electrons. The van der Waals surface area contributed by atoms with Crippen LogP contribution in [0.25, 0.3) is 0 Å². The van der Waals surface area contributed by atoms with E-state index in [9.17, 15) is 18.0 Å². The Morgan fingerprint density at radius 2 is 1.63 bits per heavy atom. The van der Waals surface area contributed by atoms with Crippen molar-refractivity contribution in [2.24, 2.45) is 0 Å². The summed E-state index contributed by atoms with van der Waals surface area (Å²) in [4.78, 5) is 10.4. The number of rotatable bonds is 3. The van der Waals surface area contributed by atoms with Crippen LogP contribution in [0.15, 0.2) is 34.8 Å². The van der Waals surface area contributed by atoms with E-state index in [1.54, 1.807) is 0 Å². The molecule has 2 rings (SSSR count). The molecule has 0 spiro atoms. The van der Waals surface area contributed by atoms with Gasteiger partial charge >= 0.3 is 0 Å². The second-order valence-electron chi connectivity index (χ2n) is 3.61. The van der Waals surface area contributed by atoms with E-state index in [0.29, 0.717) is 6.29 Å². The van der Waals surface area contributed by atoms with Crippen LogP contribution in [-0.4, -0.2) is 6.29 Å². The van der Waals surface area contributed by atoms with E-state index in [1.165, 1.54) is 12.1 Å². The number of aldehydes is 1. The zero-order valence-corrected chi connectivity index (χ0v) is 10.9. The Bertz CT molecular complexity index is 621. The van der Waals surface area contributed by atoms with Crippen molar-refractivity contribution in [2.75, 3.05) is 0 Å². The van der Waals surface area contributed by atoms with E-state index < -0.39 is 23.2 Å². The fourth-order valence-electron chi connectivity index (χ4n) is 1.40. The van der Waals surface area contributed by atoms with Gasteiger partial charge in [0, 0.05) is 11.6 Å². The largest absolute Gasteiger partial charge is 0.451 e. The Morgan fingerprint density at radius 3 is 2.16 bits per heavy atom. The maximum atomic E-state index is 13.5. The van der Waals surface area contributed by atoms with Crippen molar-refractivity contribution >= 4 is 22.2 Å². The molecule has 0 heterocycles. The minimum absolute atomic E-state index is 0.0580. The van der Waals surface area contributed by atoms with Gasteiger partial charge in [0.1, 0.15) is 17.9 Å². The van der Waals surface area contributed by atoms with Gasteiger partial charge in [-0.2, -0.15) is 0 Å². The topological polar surface area (TPSA) is 26.3 Å². The Labute approximate surface area is 114 Å². The van der Waals surface area contributed by atoms with E-state index in [2.05, 4.69) is 15.9 Å². The highest BCUT2D eigenvalue weighted by Crippen LogP contribution is 2.30. The molecule has 0 aliphatic carbocycles. The summed E-state index contributed by atoms with van der Waals surface area (Å²) in [6, 6.07) is 5.35. The minimum Gasteiger partial charge on any atom is -0.451 e. The molecule has 0 amide bonds. The highest BCUT2D eigenvalue weighted by molar-refractivity contribution is 9.10. The maximum Gasteiger partial charge on any atom is 0.198 e. The maximum absolute atomic E-state index is 13.5. The molecule has 0 aliphatic heterocycles. The van der Waals surface area contributed by atoms with E-state index in [-0.39, 0.29) is 15.8 Å². The first-order valence-electron chi connectivity index (χ1n) is 5.08. The zero-order valence-electron chi connectivity index (χ0n) is 9.29. The van der Waals surface area contributed by atoms with E-state index in [0.717, 1.165) is 18.2 Å². The van der Waals surface area contributed by atoms with Crippen molar-refractivity contribution < 1.29 is 22.7 Å². The van der Waals surface area contributed by atoms with Crippen molar-refractivity contribution in [2.45, 2.75) is 0 Å². The van der Waals surface area contributed by atoms with Gasteiger partial charge in [-0.25, -0.2) is 13.2 Å². The van der Waals surface area contributed by atoms with Gasteiger partial charge in [-0.3, -0.25) is 4.79 Å². The highest BCUT2D eigenvalue weighted by atomic mass is 79.9. The second-order valence-corrected chi connectivity index (χ2v) is 4.46. The molecule has 0 unspecified atom stereocenters. The number of halogens is 4. The standard InChI is InChI=1S/C13H6BrF3O2/c14-9-2-1-8(5-10(9)15)19-13-11(16)3-7(6-18)4-12(13)17/h1-6H. The molecule has 0 aliphatic rings. The quantitative estimate of drug-likeness (QED) is 0.776. The van der Waals surface area contributed by atoms with Gasteiger partial charge in [0.2, 0.25) is 0 Å². The van der Waals surface area contributed by atoms with Crippen LogP contribution in [0.4, 0.5) is 13.2 Å². The summed E-state index contributed by atoms with van der Waals surface area (Å²) in [7, 11) is 0. The molecule has 0 atom stereocenters. The third-order valence-electron chi connectivity index (χ3n) is 2.27. The molecule has 0 radical (unpaired) electrons. The number of carbonyl (C=O) groups excluding carboxylic acids is 1. The minimum atomic E-state index is -1.04. The van der Waals surface area contributed by atoms with E-state index >= 15 is 0 Å². The number of hydrogen-bond acceptors (Lipinski definition) is 2. The van der Waals surface area contributed by atoms with E-state index in [4.69, 9.17) is 4.74 Å². The normalized spacial score (nSPS) is 10.3. The summed E-state index contributed by atoms with van der Waals surface area (Å²) in [6.45, 7) is 0. The summed E-state index contributed by atoms with van der Waals surface area (Å²) >= 11 is 2.95. The molecular formula is C13H6BrF3O2. The van der Waals surface area contributed by atoms with Gasteiger partial charge in [0.05, 0.1) is 4.47 Å². The number of benzene rings is 2. The van der Waals surface area contributed by atoms with Crippen molar-refractivity contribution in [3.63, 3.8) is 0 Å². The summed E-state index contributed by atoms with van der Waals surface area (Å²) in [5, 5.41) is 0. The van der Waals surface area contributed by atoms with Gasteiger partial charge in [-0.15, -0.1) is 0 Å². The lowest BCUT2D eigenvalue weighted by Gasteiger charge is -2.08. The molecule has 0 aromatic heterocycles. The van der Waals surface area contributed by atoms with Crippen molar-refractivity contribution in [3.8, 4) is 11.5 Å². The first kappa shape index (κ1) is 13.6. The molecule has 2 aromatic rings. The number of ether oxygens (including phenoxy) is 1. The fourth-order valence-corrected chi connectivity index (χ4v) is 1.65. The summed E-state index contributed by atoms with van der Waals surface area (Å²) in [5.74, 6) is -3.44. The molecular weight excluding hydrogens is 325 g/mol. The molecule has 6 heteroatoms. The fraction of sp³-hybridized carbons (Fsp3) is 0. The van der Waals surface area contributed by atoms with Crippen LogP contribution in [0.1, 0.15) is 10.4 Å². The summed E-state index contributed by atoms with van der Waals surface area (Å²) in [6.07, 6.45) is 0.315. The molecule has 2 aromatic carbocycles. The van der Waals surface area contributed by atoms with Crippen LogP contribution in [0.5, 0.6) is 11.5 Å². The van der Waals surface area contributed by atoms with Crippen LogP contribution in [0.2, 0.25) is 0 Å². The van der Waals surface area contributed by atoms with Gasteiger partial charge in [0.25, 0.3) is 0 Å². The first-order valence-corrected chi connectivity index (χ1v) is 5.87. The van der Waals surface area contributed by atoms with Gasteiger partial charge in [-0.05, 0) is 40.2 Å². The Hall–Kier alpha value is -1.82. The van der Waals surface area contributed by atoms with Crippen LogP contribution in [-0.2, 0) is 0 Å². The lowest BCUT2D eigenvalue weighted by atomic mass is 10.2. The lowest BCUT2D eigenvalue weighted by molar-refractivity contribution is 0.112. The van der Waals surface area contributed by atoms with Crippen molar-refractivity contribution in [1.82, 2.24) is 0 Å². The summed E-state index contributed by atoms with van der Waals surface area (Å²) < 4.78 is 45.5. The molecule has 0 bridgehead atoms. The molecule has 2 nitrogen and oxygen atoms in total. The van der Waals surface area contributed by atoms with Crippen LogP contribution in [0, 0.1) is 17.5 Å². The lowest BCUT2D eigenvalue weighted by Crippen LogP contribution is -1.95. The third kappa shape index (κ3) is 2.96. The van der Waals surface area contributed by atoms with Crippen molar-refractivity contribution in [3.05, 3.63) is 57.8 Å². The first-order chi connectivity index (χ1) is 9.01. The average Bonchev–Trinajstić information content (AvgIpc) is 2.37. The third-order valence-corrected chi connectivity index (χ3v) is 2.91. The Morgan fingerprint density at radius 1 is 1.00 bits per heavy atom. The van der Waals surface area contributed by atoms with Gasteiger partial charge in [-0.1, -0.05) is 0 Å². The SMILES string of the molecule is O=Cc1cc(F)c(Oc2ccc(Br)c(F)c2)c(F)c1. The molecule has 0 fully saturated rings. The molecule has 0 saturated heterocycles. The van der Waals surface area contributed by atoms with E-state index in [1.807, 2.05) is 0 Å². The zero-order chi connectivity index (χ0) is 14.0. The van der Waals surface area contributed by atoms with Gasteiger partial charge in [0.15, 0.2) is 17.4 Å². The van der Waals surface area contributed by atoms with Crippen LogP contribution in [0.3, 0.4) is 0 Å². The highest BCUT2D eigenvalue weighted by Gasteiger charge is 2.14. The second kappa shape index (κ2) is 5.44. The molecule has 0 N–H and O–H groups in total. The number of hydrogen-bond donors (Lipinski definition) is 0. The Balaban J connectivity index is 2.38. The monoisotopic (exact) mass is 330 g/mol. The Kier molecular flexibility index (Phi) is 3.90. The molecule has 19 heavy (non-hydrogen) atoms. The smallest absolute Gasteiger partial charge is 0.198 e. The van der Waals surface area contributed by atoms with Crippen LogP contribution >= 0.6 is 15.9 Å². The number of carbonyl (C=O) groups is 1. The average molecular weight is 331 g/mol. The predicted molar refractivity (Wildman–Crippen MR) is 65.9 cm³/mol. The van der Waals surface area contributed by atoms with Crippen LogP contribution < -0.4 is 4.74 Å². The van der Waals surface area contributed by atoms with Gasteiger partial charge < -0.3 is 4.74 Å². The van der Waals surface area contributed by atoms with Crippen molar-refractivity contribution in [1.29, 1.82) is 0 Å². The molecule has 0 saturated carbocycles.